The number of aliphatic carboxylic acids is 1. The summed E-state index contributed by atoms with van der Waals surface area (Å²) in [6.45, 7) is 3.48. The Hall–Kier alpha value is -1.30. The van der Waals surface area contributed by atoms with Crippen LogP contribution in [0.2, 0.25) is 0 Å². The Bertz CT molecular complexity index is 258. The van der Waals surface area contributed by atoms with Gasteiger partial charge in [-0.1, -0.05) is 19.8 Å². The number of hydrogen-bond donors (Lipinski definition) is 3. The maximum absolute atomic E-state index is 11.7. The van der Waals surface area contributed by atoms with E-state index in [0.29, 0.717) is 6.42 Å². The Morgan fingerprint density at radius 2 is 2.00 bits per heavy atom. The van der Waals surface area contributed by atoms with Gasteiger partial charge < -0.3 is 20.4 Å². The first kappa shape index (κ1) is 15.7. The summed E-state index contributed by atoms with van der Waals surface area (Å²) < 4.78 is 0. The number of aliphatic hydroxyl groups excluding tert-OH is 1. The first-order valence-electron chi connectivity index (χ1n) is 5.81. The molecule has 17 heavy (non-hydrogen) atoms. The molecule has 0 aromatic carbocycles. The molecule has 2 unspecified atom stereocenters. The second kappa shape index (κ2) is 7.89. The lowest BCUT2D eigenvalue weighted by Gasteiger charge is -2.25. The molecule has 0 heterocycles. The summed E-state index contributed by atoms with van der Waals surface area (Å²) in [5.74, 6) is -1.03. The standard InChI is InChI=1S/C11H22N2O4/c1-4-5-6-9(10(15)16)12-11(17)13(3)8(2)7-14/h8-9,14H,4-7H2,1-3H3,(H,12,17)(H,15,16). The van der Waals surface area contributed by atoms with E-state index in [1.165, 1.54) is 11.9 Å². The molecule has 0 spiro atoms. The van der Waals surface area contributed by atoms with E-state index in [-0.39, 0.29) is 12.6 Å². The summed E-state index contributed by atoms with van der Waals surface area (Å²) in [5, 5.41) is 20.3. The fourth-order valence-corrected chi connectivity index (χ4v) is 1.24. The van der Waals surface area contributed by atoms with Gasteiger partial charge in [-0.05, 0) is 13.3 Å². The fraction of sp³-hybridized carbons (Fsp3) is 0.818. The van der Waals surface area contributed by atoms with E-state index in [0.717, 1.165) is 12.8 Å². The van der Waals surface area contributed by atoms with Crippen LogP contribution in [0.15, 0.2) is 0 Å². The maximum Gasteiger partial charge on any atom is 0.326 e. The molecule has 2 atom stereocenters. The number of unbranched alkanes of at least 4 members (excludes halogenated alkanes) is 1. The molecule has 6 nitrogen and oxygen atoms in total. The van der Waals surface area contributed by atoms with Crippen molar-refractivity contribution >= 4 is 12.0 Å². The number of hydrogen-bond acceptors (Lipinski definition) is 3. The monoisotopic (exact) mass is 246 g/mol. The number of likely N-dealkylation sites (N-methyl/N-ethyl adjacent to an activating group) is 1. The topological polar surface area (TPSA) is 89.9 Å². The van der Waals surface area contributed by atoms with Crippen LogP contribution in [0.5, 0.6) is 0 Å². The SMILES string of the molecule is CCCCC(NC(=O)N(C)C(C)CO)C(=O)O. The first-order valence-corrected chi connectivity index (χ1v) is 5.81. The number of aliphatic hydroxyl groups is 1. The van der Waals surface area contributed by atoms with Gasteiger partial charge in [0, 0.05) is 7.05 Å². The first-order chi connectivity index (χ1) is 7.93. The van der Waals surface area contributed by atoms with Crippen LogP contribution < -0.4 is 5.32 Å². The molecule has 100 valence electrons. The number of carbonyl (C=O) groups excluding carboxylic acids is 1. The van der Waals surface area contributed by atoms with Gasteiger partial charge in [0.2, 0.25) is 0 Å². The van der Waals surface area contributed by atoms with Gasteiger partial charge in [-0.3, -0.25) is 0 Å². The van der Waals surface area contributed by atoms with Crippen molar-refractivity contribution in [2.75, 3.05) is 13.7 Å². The molecule has 0 bridgehead atoms. The van der Waals surface area contributed by atoms with Crippen LogP contribution in [-0.2, 0) is 4.79 Å². The molecule has 0 aliphatic heterocycles. The Morgan fingerprint density at radius 3 is 2.41 bits per heavy atom. The number of nitrogens with one attached hydrogen (secondary N) is 1. The number of amides is 2. The number of carboxylic acids is 1. The second-order valence-electron chi connectivity index (χ2n) is 4.13. The van der Waals surface area contributed by atoms with Crippen molar-refractivity contribution < 1.29 is 19.8 Å². The molecule has 0 rings (SSSR count). The highest BCUT2D eigenvalue weighted by Gasteiger charge is 2.22. The number of carboxylic acid groups (broad SMARTS) is 1. The van der Waals surface area contributed by atoms with Gasteiger partial charge in [-0.25, -0.2) is 9.59 Å². The molecule has 0 aliphatic rings. The Morgan fingerprint density at radius 1 is 1.41 bits per heavy atom. The molecule has 0 fully saturated rings. The summed E-state index contributed by atoms with van der Waals surface area (Å²) in [5.41, 5.74) is 0. The summed E-state index contributed by atoms with van der Waals surface area (Å²) in [4.78, 5) is 23.9. The molecule has 0 aliphatic carbocycles. The molecule has 0 aromatic rings. The summed E-state index contributed by atoms with van der Waals surface area (Å²) in [7, 11) is 1.52. The number of nitrogens with zero attached hydrogens (tertiary/aromatic N) is 1. The second-order valence-corrected chi connectivity index (χ2v) is 4.13. The Balaban J connectivity index is 4.34. The van der Waals surface area contributed by atoms with Crippen molar-refractivity contribution in [1.82, 2.24) is 10.2 Å². The van der Waals surface area contributed by atoms with Crippen LogP contribution in [0, 0.1) is 0 Å². The molecule has 6 heteroatoms. The fourth-order valence-electron chi connectivity index (χ4n) is 1.24. The minimum Gasteiger partial charge on any atom is -0.480 e. The third-order valence-corrected chi connectivity index (χ3v) is 2.69. The smallest absolute Gasteiger partial charge is 0.326 e. The van der Waals surface area contributed by atoms with Crippen molar-refractivity contribution in [3.05, 3.63) is 0 Å². The zero-order chi connectivity index (χ0) is 13.4. The average molecular weight is 246 g/mol. The molecule has 0 saturated heterocycles. The lowest BCUT2D eigenvalue weighted by atomic mass is 10.1. The summed E-state index contributed by atoms with van der Waals surface area (Å²) in [6, 6.07) is -1.68. The van der Waals surface area contributed by atoms with Crippen molar-refractivity contribution in [3.8, 4) is 0 Å². The van der Waals surface area contributed by atoms with Crippen LogP contribution in [0.25, 0.3) is 0 Å². The zero-order valence-corrected chi connectivity index (χ0v) is 10.6. The van der Waals surface area contributed by atoms with E-state index in [1.54, 1.807) is 6.92 Å². The number of rotatable bonds is 7. The van der Waals surface area contributed by atoms with Gasteiger partial charge in [0.1, 0.15) is 6.04 Å². The molecule has 0 radical (unpaired) electrons. The Kier molecular flexibility index (Phi) is 7.29. The molecule has 2 amide bonds. The van der Waals surface area contributed by atoms with Gasteiger partial charge in [-0.15, -0.1) is 0 Å². The highest BCUT2D eigenvalue weighted by atomic mass is 16.4. The largest absolute Gasteiger partial charge is 0.480 e. The minimum atomic E-state index is -1.03. The van der Waals surface area contributed by atoms with E-state index in [9.17, 15) is 9.59 Å². The van der Waals surface area contributed by atoms with E-state index in [2.05, 4.69) is 5.32 Å². The third-order valence-electron chi connectivity index (χ3n) is 2.69. The van der Waals surface area contributed by atoms with Gasteiger partial charge in [0.05, 0.1) is 12.6 Å². The Labute approximate surface area is 102 Å². The number of urea groups is 1. The quantitative estimate of drug-likeness (QED) is 0.615. The van der Waals surface area contributed by atoms with Crippen LogP contribution >= 0.6 is 0 Å². The van der Waals surface area contributed by atoms with Crippen LogP contribution in [-0.4, -0.2) is 52.9 Å². The predicted octanol–water partition coefficient (Wildman–Crippen LogP) is 0.652. The van der Waals surface area contributed by atoms with Gasteiger partial charge in [0.25, 0.3) is 0 Å². The van der Waals surface area contributed by atoms with Gasteiger partial charge >= 0.3 is 12.0 Å². The van der Waals surface area contributed by atoms with Crippen molar-refractivity contribution in [2.45, 2.75) is 45.2 Å². The van der Waals surface area contributed by atoms with E-state index in [1.807, 2.05) is 6.92 Å². The van der Waals surface area contributed by atoms with Crippen molar-refractivity contribution in [3.63, 3.8) is 0 Å². The maximum atomic E-state index is 11.7. The van der Waals surface area contributed by atoms with Crippen molar-refractivity contribution in [1.29, 1.82) is 0 Å². The molecular weight excluding hydrogens is 224 g/mol. The molecule has 0 saturated carbocycles. The summed E-state index contributed by atoms with van der Waals surface area (Å²) in [6.07, 6.45) is 2.04. The third kappa shape index (κ3) is 5.53. The lowest BCUT2D eigenvalue weighted by Crippen LogP contribution is -2.49. The van der Waals surface area contributed by atoms with Gasteiger partial charge in [0.15, 0.2) is 0 Å². The van der Waals surface area contributed by atoms with Crippen LogP contribution in [0.1, 0.15) is 33.1 Å². The van der Waals surface area contributed by atoms with E-state index >= 15 is 0 Å². The highest BCUT2D eigenvalue weighted by Crippen LogP contribution is 2.03. The molecule has 0 aromatic heterocycles. The normalized spacial score (nSPS) is 13.9. The molecule has 3 N–H and O–H groups in total. The average Bonchev–Trinajstić information content (AvgIpc) is 2.31. The van der Waals surface area contributed by atoms with E-state index in [4.69, 9.17) is 10.2 Å². The van der Waals surface area contributed by atoms with Gasteiger partial charge in [-0.2, -0.15) is 0 Å². The lowest BCUT2D eigenvalue weighted by molar-refractivity contribution is -0.139. The molecular formula is C11H22N2O4. The van der Waals surface area contributed by atoms with E-state index < -0.39 is 18.0 Å². The predicted molar refractivity (Wildman–Crippen MR) is 63.8 cm³/mol. The summed E-state index contributed by atoms with van der Waals surface area (Å²) >= 11 is 0. The highest BCUT2D eigenvalue weighted by molar-refractivity contribution is 5.82. The number of carbonyl (C=O) groups is 2. The van der Waals surface area contributed by atoms with Crippen LogP contribution in [0.4, 0.5) is 4.79 Å². The van der Waals surface area contributed by atoms with Crippen molar-refractivity contribution in [2.24, 2.45) is 0 Å². The zero-order valence-electron chi connectivity index (χ0n) is 10.6. The van der Waals surface area contributed by atoms with Crippen LogP contribution in [0.3, 0.4) is 0 Å². The minimum absolute atomic E-state index is 0.156.